The third kappa shape index (κ3) is 5.83. The summed E-state index contributed by atoms with van der Waals surface area (Å²) in [5.74, 6) is 0.302. The van der Waals surface area contributed by atoms with E-state index in [1.807, 2.05) is 91.0 Å². The van der Waals surface area contributed by atoms with Crippen LogP contribution in [0.1, 0.15) is 27.6 Å². The van der Waals surface area contributed by atoms with Crippen molar-refractivity contribution in [2.45, 2.75) is 11.7 Å². The number of anilines is 1. The van der Waals surface area contributed by atoms with E-state index in [1.54, 1.807) is 0 Å². The Kier molecular flexibility index (Phi) is 6.83. The zero-order valence-corrected chi connectivity index (χ0v) is 15.7. The van der Waals surface area contributed by atoms with Gasteiger partial charge < -0.3 is 5.32 Å². The third-order valence-electron chi connectivity index (χ3n) is 4.11. The van der Waals surface area contributed by atoms with E-state index >= 15 is 0 Å². The molecule has 3 aromatic rings. The number of carbonyl (C=O) groups is 2. The maximum absolute atomic E-state index is 12.7. The molecule has 0 aliphatic rings. The summed E-state index contributed by atoms with van der Waals surface area (Å²) in [6.07, 6.45) is 0.358. The minimum Gasteiger partial charge on any atom is -0.325 e. The van der Waals surface area contributed by atoms with E-state index in [-0.39, 0.29) is 22.7 Å². The third-order valence-corrected chi connectivity index (χ3v) is 5.38. The van der Waals surface area contributed by atoms with E-state index in [4.69, 9.17) is 0 Å². The van der Waals surface area contributed by atoms with Gasteiger partial charge in [-0.15, -0.1) is 11.8 Å². The fraction of sp³-hybridized carbons (Fsp3) is 0.130. The highest BCUT2D eigenvalue weighted by molar-refractivity contribution is 8.00. The SMILES string of the molecule is O=C(CSC(CC(=O)c1ccccc1)c1ccccc1)Nc1ccccc1. The molecular weight excluding hydrogens is 354 g/mol. The Morgan fingerprint density at radius 3 is 1.96 bits per heavy atom. The Balaban J connectivity index is 1.65. The van der Waals surface area contributed by atoms with Crippen molar-refractivity contribution in [2.24, 2.45) is 0 Å². The van der Waals surface area contributed by atoms with Gasteiger partial charge in [0.25, 0.3) is 0 Å². The standard InChI is InChI=1S/C23H21NO2S/c25-21(18-10-4-1-5-11-18)16-22(19-12-6-2-7-13-19)27-17-23(26)24-20-14-8-3-9-15-20/h1-15,22H,16-17H2,(H,24,26). The van der Waals surface area contributed by atoms with Crippen molar-refractivity contribution >= 4 is 29.1 Å². The summed E-state index contributed by atoms with van der Waals surface area (Å²) in [4.78, 5) is 24.9. The molecule has 0 radical (unpaired) electrons. The van der Waals surface area contributed by atoms with Crippen molar-refractivity contribution in [2.75, 3.05) is 11.1 Å². The number of para-hydroxylation sites is 1. The molecule has 0 heterocycles. The Bertz CT molecular complexity index is 867. The monoisotopic (exact) mass is 375 g/mol. The number of amides is 1. The molecule has 3 rings (SSSR count). The number of carbonyl (C=O) groups excluding carboxylic acids is 2. The van der Waals surface area contributed by atoms with Crippen molar-refractivity contribution in [3.05, 3.63) is 102 Å². The van der Waals surface area contributed by atoms with Gasteiger partial charge in [0, 0.05) is 22.9 Å². The van der Waals surface area contributed by atoms with Crippen LogP contribution in [0.2, 0.25) is 0 Å². The zero-order chi connectivity index (χ0) is 18.9. The predicted molar refractivity (Wildman–Crippen MR) is 112 cm³/mol. The second-order valence-electron chi connectivity index (χ2n) is 6.12. The van der Waals surface area contributed by atoms with Crippen LogP contribution in [0.3, 0.4) is 0 Å². The van der Waals surface area contributed by atoms with E-state index < -0.39 is 0 Å². The number of rotatable bonds is 8. The van der Waals surface area contributed by atoms with Crippen LogP contribution in [0, 0.1) is 0 Å². The largest absolute Gasteiger partial charge is 0.325 e. The summed E-state index contributed by atoms with van der Waals surface area (Å²) < 4.78 is 0. The molecule has 0 aromatic heterocycles. The molecule has 0 bridgehead atoms. The van der Waals surface area contributed by atoms with Gasteiger partial charge in [-0.3, -0.25) is 9.59 Å². The quantitative estimate of drug-likeness (QED) is 0.538. The van der Waals surface area contributed by atoms with Crippen molar-refractivity contribution < 1.29 is 9.59 Å². The van der Waals surface area contributed by atoms with E-state index in [1.165, 1.54) is 11.8 Å². The summed E-state index contributed by atoms with van der Waals surface area (Å²) in [5.41, 5.74) is 2.53. The number of Topliss-reactive ketones (excluding diaryl/α,β-unsaturated/α-hetero) is 1. The lowest BCUT2D eigenvalue weighted by Crippen LogP contribution is -2.15. The average molecular weight is 375 g/mol. The second kappa shape index (κ2) is 9.74. The number of benzene rings is 3. The molecule has 1 atom stereocenters. The summed E-state index contributed by atoms with van der Waals surface area (Å²) in [7, 11) is 0. The van der Waals surface area contributed by atoms with Crippen LogP contribution < -0.4 is 5.32 Å². The van der Waals surface area contributed by atoms with Crippen molar-refractivity contribution in [1.29, 1.82) is 0 Å². The van der Waals surface area contributed by atoms with Crippen LogP contribution in [0.25, 0.3) is 0 Å². The number of ketones is 1. The normalized spacial score (nSPS) is 11.6. The molecule has 0 fully saturated rings. The van der Waals surface area contributed by atoms with Gasteiger partial charge in [-0.2, -0.15) is 0 Å². The first-order chi connectivity index (χ1) is 13.2. The summed E-state index contributed by atoms with van der Waals surface area (Å²) in [6, 6.07) is 28.6. The Morgan fingerprint density at radius 2 is 1.33 bits per heavy atom. The minimum absolute atomic E-state index is 0.0690. The lowest BCUT2D eigenvalue weighted by Gasteiger charge is -2.16. The maximum atomic E-state index is 12.7. The molecular formula is C23H21NO2S. The number of hydrogen-bond donors (Lipinski definition) is 1. The lowest BCUT2D eigenvalue weighted by atomic mass is 10.0. The van der Waals surface area contributed by atoms with Gasteiger partial charge >= 0.3 is 0 Å². The minimum atomic E-state index is -0.0701. The highest BCUT2D eigenvalue weighted by Crippen LogP contribution is 2.33. The molecule has 1 N–H and O–H groups in total. The first kappa shape index (κ1) is 18.9. The molecule has 27 heavy (non-hydrogen) atoms. The molecule has 0 aliphatic heterocycles. The Morgan fingerprint density at radius 1 is 0.778 bits per heavy atom. The molecule has 0 aliphatic carbocycles. The van der Waals surface area contributed by atoms with Gasteiger partial charge in [-0.25, -0.2) is 0 Å². The highest BCUT2D eigenvalue weighted by Gasteiger charge is 2.19. The van der Waals surface area contributed by atoms with Crippen LogP contribution in [-0.2, 0) is 4.79 Å². The van der Waals surface area contributed by atoms with Crippen LogP contribution in [0.5, 0.6) is 0 Å². The van der Waals surface area contributed by atoms with Gasteiger partial charge in [-0.05, 0) is 17.7 Å². The summed E-state index contributed by atoms with van der Waals surface area (Å²) in [6.45, 7) is 0. The van der Waals surface area contributed by atoms with E-state index in [0.717, 1.165) is 11.3 Å². The molecule has 0 spiro atoms. The van der Waals surface area contributed by atoms with Crippen LogP contribution >= 0.6 is 11.8 Å². The first-order valence-corrected chi connectivity index (χ1v) is 9.87. The smallest absolute Gasteiger partial charge is 0.234 e. The Labute approximate surface area is 163 Å². The lowest BCUT2D eigenvalue weighted by molar-refractivity contribution is -0.113. The average Bonchev–Trinajstić information content (AvgIpc) is 2.73. The Hall–Kier alpha value is -2.85. The van der Waals surface area contributed by atoms with Crippen LogP contribution in [-0.4, -0.2) is 17.4 Å². The number of thioether (sulfide) groups is 1. The molecule has 1 amide bonds. The topological polar surface area (TPSA) is 46.2 Å². The number of hydrogen-bond acceptors (Lipinski definition) is 3. The maximum Gasteiger partial charge on any atom is 0.234 e. The van der Waals surface area contributed by atoms with E-state index in [2.05, 4.69) is 5.32 Å². The van der Waals surface area contributed by atoms with E-state index in [0.29, 0.717) is 12.0 Å². The van der Waals surface area contributed by atoms with Crippen LogP contribution in [0.4, 0.5) is 5.69 Å². The molecule has 136 valence electrons. The predicted octanol–water partition coefficient (Wildman–Crippen LogP) is 5.37. The van der Waals surface area contributed by atoms with Gasteiger partial charge in [-0.1, -0.05) is 78.9 Å². The summed E-state index contributed by atoms with van der Waals surface area (Å²) in [5, 5.41) is 2.82. The van der Waals surface area contributed by atoms with Gasteiger partial charge in [0.05, 0.1) is 5.75 Å². The van der Waals surface area contributed by atoms with E-state index in [9.17, 15) is 9.59 Å². The molecule has 4 heteroatoms. The molecule has 1 unspecified atom stereocenters. The molecule has 0 saturated heterocycles. The summed E-state index contributed by atoms with van der Waals surface area (Å²) >= 11 is 1.49. The first-order valence-electron chi connectivity index (χ1n) is 8.82. The second-order valence-corrected chi connectivity index (χ2v) is 7.31. The van der Waals surface area contributed by atoms with Crippen molar-refractivity contribution in [1.82, 2.24) is 0 Å². The zero-order valence-electron chi connectivity index (χ0n) is 14.9. The molecule has 3 nitrogen and oxygen atoms in total. The molecule has 0 saturated carbocycles. The van der Waals surface area contributed by atoms with Crippen molar-refractivity contribution in [3.8, 4) is 0 Å². The van der Waals surface area contributed by atoms with Crippen LogP contribution in [0.15, 0.2) is 91.0 Å². The van der Waals surface area contributed by atoms with Gasteiger partial charge in [0.2, 0.25) is 5.91 Å². The highest BCUT2D eigenvalue weighted by atomic mass is 32.2. The van der Waals surface area contributed by atoms with Gasteiger partial charge in [0.1, 0.15) is 0 Å². The fourth-order valence-electron chi connectivity index (χ4n) is 2.75. The van der Waals surface area contributed by atoms with Crippen molar-refractivity contribution in [3.63, 3.8) is 0 Å². The molecule has 3 aromatic carbocycles. The fourth-order valence-corrected chi connectivity index (χ4v) is 3.79. The number of nitrogens with one attached hydrogen (secondary N) is 1. The van der Waals surface area contributed by atoms with Gasteiger partial charge in [0.15, 0.2) is 5.78 Å².